The SMILES string of the molecule is CN=C(NCCCc1ccc(Br)cc1F)N(C)Cc1ncnn1C. The van der Waals surface area contributed by atoms with Crippen molar-refractivity contribution in [3.63, 3.8) is 0 Å². The average molecular weight is 397 g/mol. The third-order valence-electron chi connectivity index (χ3n) is 3.68. The molecule has 1 aromatic heterocycles. The minimum atomic E-state index is -0.173. The quantitative estimate of drug-likeness (QED) is 0.462. The van der Waals surface area contributed by atoms with Crippen LogP contribution in [0.15, 0.2) is 34.0 Å². The second kappa shape index (κ2) is 8.77. The summed E-state index contributed by atoms with van der Waals surface area (Å²) in [6.07, 6.45) is 3.03. The van der Waals surface area contributed by atoms with Crippen molar-refractivity contribution in [2.24, 2.45) is 12.0 Å². The van der Waals surface area contributed by atoms with Crippen molar-refractivity contribution < 1.29 is 4.39 Å². The van der Waals surface area contributed by atoms with Crippen LogP contribution in [0.25, 0.3) is 0 Å². The molecule has 2 rings (SSSR count). The zero-order valence-electron chi connectivity index (χ0n) is 14.1. The van der Waals surface area contributed by atoms with Crippen LogP contribution in [0.5, 0.6) is 0 Å². The monoisotopic (exact) mass is 396 g/mol. The second-order valence-electron chi connectivity index (χ2n) is 5.47. The number of aromatic nitrogens is 3. The third-order valence-corrected chi connectivity index (χ3v) is 4.17. The van der Waals surface area contributed by atoms with Gasteiger partial charge in [0.15, 0.2) is 5.96 Å². The molecule has 0 aliphatic rings. The maximum atomic E-state index is 13.8. The van der Waals surface area contributed by atoms with Crippen LogP contribution in [0, 0.1) is 5.82 Å². The zero-order chi connectivity index (χ0) is 17.5. The van der Waals surface area contributed by atoms with Gasteiger partial charge in [-0.15, -0.1) is 0 Å². The van der Waals surface area contributed by atoms with Gasteiger partial charge in [0, 0.05) is 32.2 Å². The topological polar surface area (TPSA) is 58.3 Å². The van der Waals surface area contributed by atoms with Crippen LogP contribution in [0.2, 0.25) is 0 Å². The maximum absolute atomic E-state index is 13.8. The normalized spacial score (nSPS) is 11.6. The molecule has 0 fully saturated rings. The van der Waals surface area contributed by atoms with Crippen LogP contribution in [-0.4, -0.2) is 46.3 Å². The highest BCUT2D eigenvalue weighted by Gasteiger charge is 2.10. The molecule has 0 amide bonds. The van der Waals surface area contributed by atoms with Gasteiger partial charge in [0.05, 0.1) is 6.54 Å². The highest BCUT2D eigenvalue weighted by molar-refractivity contribution is 9.10. The number of rotatable bonds is 6. The van der Waals surface area contributed by atoms with Gasteiger partial charge in [-0.3, -0.25) is 9.67 Å². The van der Waals surface area contributed by atoms with E-state index in [9.17, 15) is 4.39 Å². The van der Waals surface area contributed by atoms with Gasteiger partial charge in [-0.05, 0) is 30.5 Å². The Balaban J connectivity index is 1.80. The number of aliphatic imine (C=N–C) groups is 1. The molecular formula is C16H22BrFN6. The average Bonchev–Trinajstić information content (AvgIpc) is 2.94. The Kier molecular flexibility index (Phi) is 6.72. The van der Waals surface area contributed by atoms with E-state index in [2.05, 4.69) is 36.3 Å². The number of hydrogen-bond donors (Lipinski definition) is 1. The summed E-state index contributed by atoms with van der Waals surface area (Å²) < 4.78 is 16.3. The van der Waals surface area contributed by atoms with Crippen LogP contribution in [0.3, 0.4) is 0 Å². The smallest absolute Gasteiger partial charge is 0.193 e. The van der Waals surface area contributed by atoms with Gasteiger partial charge >= 0.3 is 0 Å². The van der Waals surface area contributed by atoms with Crippen molar-refractivity contribution in [2.45, 2.75) is 19.4 Å². The van der Waals surface area contributed by atoms with Crippen LogP contribution < -0.4 is 5.32 Å². The fraction of sp³-hybridized carbons (Fsp3) is 0.438. The first-order chi connectivity index (χ1) is 11.5. The van der Waals surface area contributed by atoms with E-state index in [1.165, 1.54) is 12.4 Å². The molecule has 1 heterocycles. The fourth-order valence-corrected chi connectivity index (χ4v) is 2.67. The van der Waals surface area contributed by atoms with Gasteiger partial charge in [-0.25, -0.2) is 9.37 Å². The summed E-state index contributed by atoms with van der Waals surface area (Å²) in [6.45, 7) is 1.32. The summed E-state index contributed by atoms with van der Waals surface area (Å²) >= 11 is 3.27. The predicted molar refractivity (Wildman–Crippen MR) is 96.3 cm³/mol. The van der Waals surface area contributed by atoms with Gasteiger partial charge in [0.1, 0.15) is 18.0 Å². The number of aryl methyl sites for hydroxylation is 2. The number of halogens is 2. The molecule has 0 saturated carbocycles. The molecule has 0 radical (unpaired) electrons. The van der Waals surface area contributed by atoms with Gasteiger partial charge in [0.2, 0.25) is 0 Å². The van der Waals surface area contributed by atoms with E-state index in [0.29, 0.717) is 19.5 Å². The molecule has 0 saturated heterocycles. The lowest BCUT2D eigenvalue weighted by atomic mass is 10.1. The maximum Gasteiger partial charge on any atom is 0.193 e. The molecule has 1 N–H and O–H groups in total. The van der Waals surface area contributed by atoms with Crippen molar-refractivity contribution in [1.29, 1.82) is 0 Å². The van der Waals surface area contributed by atoms with E-state index in [-0.39, 0.29) is 5.82 Å². The Hall–Kier alpha value is -1.96. The van der Waals surface area contributed by atoms with Crippen molar-refractivity contribution >= 4 is 21.9 Å². The van der Waals surface area contributed by atoms with Crippen LogP contribution >= 0.6 is 15.9 Å². The lowest BCUT2D eigenvalue weighted by Gasteiger charge is -2.21. The van der Waals surface area contributed by atoms with Crippen molar-refractivity contribution in [3.05, 3.63) is 46.2 Å². The fourth-order valence-electron chi connectivity index (χ4n) is 2.34. The van der Waals surface area contributed by atoms with Crippen molar-refractivity contribution in [1.82, 2.24) is 25.0 Å². The highest BCUT2D eigenvalue weighted by Crippen LogP contribution is 2.16. The molecule has 0 spiro atoms. The molecule has 24 heavy (non-hydrogen) atoms. The lowest BCUT2D eigenvalue weighted by molar-refractivity contribution is 0.448. The Morgan fingerprint density at radius 1 is 1.46 bits per heavy atom. The first kappa shape index (κ1) is 18.4. The third kappa shape index (κ3) is 5.02. The van der Waals surface area contributed by atoms with E-state index in [1.54, 1.807) is 11.7 Å². The van der Waals surface area contributed by atoms with Crippen molar-refractivity contribution in [3.8, 4) is 0 Å². The summed E-state index contributed by atoms with van der Waals surface area (Å²) in [5.74, 6) is 1.46. The first-order valence-electron chi connectivity index (χ1n) is 7.70. The van der Waals surface area contributed by atoms with Gasteiger partial charge in [-0.1, -0.05) is 22.0 Å². The minimum absolute atomic E-state index is 0.173. The number of nitrogens with one attached hydrogen (secondary N) is 1. The summed E-state index contributed by atoms with van der Waals surface area (Å²) in [5, 5.41) is 7.35. The Morgan fingerprint density at radius 2 is 2.25 bits per heavy atom. The number of nitrogens with zero attached hydrogens (tertiary/aromatic N) is 5. The largest absolute Gasteiger partial charge is 0.356 e. The Morgan fingerprint density at radius 3 is 2.88 bits per heavy atom. The van der Waals surface area contributed by atoms with E-state index in [4.69, 9.17) is 0 Å². The van der Waals surface area contributed by atoms with E-state index in [1.807, 2.05) is 31.1 Å². The molecule has 2 aromatic rings. The summed E-state index contributed by atoms with van der Waals surface area (Å²) in [5.41, 5.74) is 0.724. The molecule has 0 bridgehead atoms. The molecule has 1 aromatic carbocycles. The minimum Gasteiger partial charge on any atom is -0.356 e. The summed E-state index contributed by atoms with van der Waals surface area (Å²) in [6, 6.07) is 5.17. The molecule has 0 unspecified atom stereocenters. The zero-order valence-corrected chi connectivity index (χ0v) is 15.7. The number of benzene rings is 1. The van der Waals surface area contributed by atoms with Gasteiger partial charge in [0.25, 0.3) is 0 Å². The summed E-state index contributed by atoms with van der Waals surface area (Å²) in [7, 11) is 5.54. The van der Waals surface area contributed by atoms with Crippen LogP contribution in [0.4, 0.5) is 4.39 Å². The molecule has 0 atom stereocenters. The van der Waals surface area contributed by atoms with E-state index < -0.39 is 0 Å². The van der Waals surface area contributed by atoms with E-state index in [0.717, 1.165) is 28.2 Å². The van der Waals surface area contributed by atoms with E-state index >= 15 is 0 Å². The van der Waals surface area contributed by atoms with Gasteiger partial charge < -0.3 is 10.2 Å². The standard InChI is InChI=1S/C16H22BrFN6/c1-19-16(23(2)10-15-21-11-22-24(15)3)20-8-4-5-12-6-7-13(17)9-14(12)18/h6-7,9,11H,4-5,8,10H2,1-3H3,(H,19,20). The Labute approximate surface area is 149 Å². The molecule has 130 valence electrons. The van der Waals surface area contributed by atoms with Crippen LogP contribution in [-0.2, 0) is 20.0 Å². The highest BCUT2D eigenvalue weighted by atomic mass is 79.9. The molecule has 6 nitrogen and oxygen atoms in total. The second-order valence-corrected chi connectivity index (χ2v) is 6.38. The number of guanidine groups is 1. The number of hydrogen-bond acceptors (Lipinski definition) is 3. The molecule has 0 aliphatic heterocycles. The molecule has 0 aliphatic carbocycles. The van der Waals surface area contributed by atoms with Gasteiger partial charge in [-0.2, -0.15) is 5.10 Å². The molecule has 8 heteroatoms. The first-order valence-corrected chi connectivity index (χ1v) is 8.49. The Bertz CT molecular complexity index is 700. The van der Waals surface area contributed by atoms with Crippen molar-refractivity contribution in [2.75, 3.05) is 20.6 Å². The lowest BCUT2D eigenvalue weighted by Crippen LogP contribution is -2.39. The van der Waals surface area contributed by atoms with Crippen LogP contribution in [0.1, 0.15) is 17.8 Å². The predicted octanol–water partition coefficient (Wildman–Crippen LogP) is 2.36. The molecular weight excluding hydrogens is 375 g/mol. The summed E-state index contributed by atoms with van der Waals surface area (Å²) in [4.78, 5) is 10.4.